The molecule has 1 aromatic rings. The van der Waals surface area contributed by atoms with Gasteiger partial charge in [0.05, 0.1) is 0 Å². The van der Waals surface area contributed by atoms with Crippen molar-refractivity contribution in [3.8, 4) is 0 Å². The molecule has 0 spiro atoms. The zero-order valence-corrected chi connectivity index (χ0v) is 7.83. The molecular weight excluding hydrogens is 185 g/mol. The number of amides is 2. The molecule has 1 aromatic carbocycles. The van der Waals surface area contributed by atoms with Crippen LogP contribution in [0.5, 0.6) is 0 Å². The Hall–Kier alpha value is -1.62. The van der Waals surface area contributed by atoms with E-state index in [1.165, 1.54) is 18.0 Å². The monoisotopic (exact) mass is 197 g/mol. The summed E-state index contributed by atoms with van der Waals surface area (Å²) in [4.78, 5) is 12.3. The van der Waals surface area contributed by atoms with Crippen LogP contribution in [0, 0.1) is 5.82 Å². The highest BCUT2D eigenvalue weighted by Gasteiger charge is 2.09. The summed E-state index contributed by atoms with van der Waals surface area (Å²) in [6.45, 7) is 0.190. The van der Waals surface area contributed by atoms with E-state index in [2.05, 4.69) is 0 Å². The second-order valence-electron chi connectivity index (χ2n) is 2.90. The van der Waals surface area contributed by atoms with E-state index in [9.17, 15) is 9.18 Å². The third kappa shape index (κ3) is 2.43. The quantitative estimate of drug-likeness (QED) is 0.419. The van der Waals surface area contributed by atoms with Crippen molar-refractivity contribution in [3.05, 3.63) is 35.6 Å². The molecule has 0 unspecified atom stereocenters. The van der Waals surface area contributed by atoms with Crippen molar-refractivity contribution < 1.29 is 9.18 Å². The van der Waals surface area contributed by atoms with Crippen LogP contribution >= 0.6 is 0 Å². The van der Waals surface area contributed by atoms with Gasteiger partial charge in [0.1, 0.15) is 5.82 Å². The number of nitrogens with one attached hydrogen (secondary N) is 1. The van der Waals surface area contributed by atoms with Gasteiger partial charge in [-0.1, -0.05) is 18.2 Å². The summed E-state index contributed by atoms with van der Waals surface area (Å²) < 4.78 is 13.1. The average molecular weight is 197 g/mol. The van der Waals surface area contributed by atoms with Crippen LogP contribution in [-0.2, 0) is 6.54 Å². The lowest BCUT2D eigenvalue weighted by Crippen LogP contribution is -2.40. The number of carbonyl (C=O) groups is 1. The second-order valence-corrected chi connectivity index (χ2v) is 2.90. The molecule has 0 radical (unpaired) electrons. The van der Waals surface area contributed by atoms with Gasteiger partial charge in [0.2, 0.25) is 0 Å². The van der Waals surface area contributed by atoms with E-state index >= 15 is 0 Å². The molecule has 0 saturated carbocycles. The first-order chi connectivity index (χ1) is 6.65. The molecule has 0 aliphatic rings. The summed E-state index contributed by atoms with van der Waals surface area (Å²) >= 11 is 0. The maximum Gasteiger partial charge on any atom is 0.331 e. The number of hydrazine groups is 1. The van der Waals surface area contributed by atoms with E-state index in [0.29, 0.717) is 5.56 Å². The van der Waals surface area contributed by atoms with Crippen molar-refractivity contribution in [1.82, 2.24) is 10.3 Å². The lowest BCUT2D eigenvalue weighted by molar-refractivity contribution is 0.206. The minimum atomic E-state index is -0.451. The highest BCUT2D eigenvalue weighted by Crippen LogP contribution is 2.08. The Bertz CT molecular complexity index is 330. The molecule has 0 aliphatic carbocycles. The average Bonchev–Trinajstić information content (AvgIpc) is 2.20. The molecule has 0 aliphatic heterocycles. The molecule has 0 heterocycles. The molecule has 3 N–H and O–H groups in total. The van der Waals surface area contributed by atoms with Crippen LogP contribution in [0.15, 0.2) is 24.3 Å². The van der Waals surface area contributed by atoms with Gasteiger partial charge >= 0.3 is 6.03 Å². The fourth-order valence-electron chi connectivity index (χ4n) is 1.06. The molecule has 0 saturated heterocycles. The van der Waals surface area contributed by atoms with Crippen LogP contribution in [0.3, 0.4) is 0 Å². The highest BCUT2D eigenvalue weighted by atomic mass is 19.1. The summed E-state index contributed by atoms with van der Waals surface area (Å²) in [6, 6.07) is 5.83. The fraction of sp³-hybridized carbons (Fsp3) is 0.222. The summed E-state index contributed by atoms with van der Waals surface area (Å²) in [5.74, 6) is 4.60. The van der Waals surface area contributed by atoms with Gasteiger partial charge in [-0.25, -0.2) is 15.0 Å². The smallest absolute Gasteiger partial charge is 0.322 e. The summed E-state index contributed by atoms with van der Waals surface area (Å²) in [5, 5.41) is 0. The molecule has 0 atom stereocenters. The van der Waals surface area contributed by atoms with Crippen LogP contribution in [0.4, 0.5) is 9.18 Å². The van der Waals surface area contributed by atoms with Gasteiger partial charge in [-0.15, -0.1) is 0 Å². The largest absolute Gasteiger partial charge is 0.331 e. The van der Waals surface area contributed by atoms with Gasteiger partial charge in [0.25, 0.3) is 0 Å². The number of urea groups is 1. The topological polar surface area (TPSA) is 58.4 Å². The van der Waals surface area contributed by atoms with E-state index in [0.717, 1.165) is 0 Å². The molecule has 0 bridgehead atoms. The Balaban J connectivity index is 2.69. The Labute approximate surface area is 81.5 Å². The predicted octanol–water partition coefficient (Wildman–Crippen LogP) is 0.841. The molecule has 76 valence electrons. The molecule has 0 aromatic heterocycles. The fourth-order valence-corrected chi connectivity index (χ4v) is 1.06. The van der Waals surface area contributed by atoms with Gasteiger partial charge < -0.3 is 4.90 Å². The van der Waals surface area contributed by atoms with Gasteiger partial charge in [0.15, 0.2) is 0 Å². The van der Waals surface area contributed by atoms with Crippen molar-refractivity contribution in [2.75, 3.05) is 7.05 Å². The SMILES string of the molecule is CN(Cc1ccccc1F)C(=O)NN. The number of hydrogen-bond acceptors (Lipinski definition) is 2. The number of nitrogens with two attached hydrogens (primary N) is 1. The standard InChI is InChI=1S/C9H12FN3O/c1-13(9(14)12-11)6-7-4-2-3-5-8(7)10/h2-5H,6,11H2,1H3,(H,12,14). The van der Waals surface area contributed by atoms with Crippen LogP contribution < -0.4 is 11.3 Å². The minimum Gasteiger partial charge on any atom is -0.322 e. The van der Waals surface area contributed by atoms with Crippen molar-refractivity contribution >= 4 is 6.03 Å². The van der Waals surface area contributed by atoms with E-state index in [1.54, 1.807) is 18.2 Å². The molecule has 1 rings (SSSR count). The van der Waals surface area contributed by atoms with Gasteiger partial charge in [-0.2, -0.15) is 0 Å². The number of nitrogens with zero attached hydrogens (tertiary/aromatic N) is 1. The van der Waals surface area contributed by atoms with Crippen molar-refractivity contribution in [2.24, 2.45) is 5.84 Å². The third-order valence-electron chi connectivity index (χ3n) is 1.84. The Morgan fingerprint density at radius 1 is 1.57 bits per heavy atom. The second kappa shape index (κ2) is 4.57. The molecule has 2 amide bonds. The molecular formula is C9H12FN3O. The minimum absolute atomic E-state index is 0.190. The first-order valence-corrected chi connectivity index (χ1v) is 4.10. The number of benzene rings is 1. The van der Waals surface area contributed by atoms with E-state index in [4.69, 9.17) is 5.84 Å². The summed E-state index contributed by atoms with van der Waals surface area (Å²) in [5.41, 5.74) is 2.43. The van der Waals surface area contributed by atoms with Gasteiger partial charge in [0, 0.05) is 19.2 Å². The van der Waals surface area contributed by atoms with Crippen LogP contribution in [0.1, 0.15) is 5.56 Å². The lowest BCUT2D eigenvalue weighted by atomic mass is 10.2. The predicted molar refractivity (Wildman–Crippen MR) is 50.6 cm³/mol. The third-order valence-corrected chi connectivity index (χ3v) is 1.84. The maximum absolute atomic E-state index is 13.1. The van der Waals surface area contributed by atoms with Crippen molar-refractivity contribution in [1.29, 1.82) is 0 Å². The molecule has 5 heteroatoms. The molecule has 4 nitrogen and oxygen atoms in total. The Kier molecular flexibility index (Phi) is 3.41. The van der Waals surface area contributed by atoms with Gasteiger partial charge in [-0.05, 0) is 6.07 Å². The van der Waals surface area contributed by atoms with Crippen LogP contribution in [0.2, 0.25) is 0 Å². The zero-order valence-electron chi connectivity index (χ0n) is 7.83. The highest BCUT2D eigenvalue weighted by molar-refractivity contribution is 5.73. The van der Waals surface area contributed by atoms with Crippen LogP contribution in [-0.4, -0.2) is 18.0 Å². The Morgan fingerprint density at radius 2 is 2.21 bits per heavy atom. The zero-order chi connectivity index (χ0) is 10.6. The number of hydrogen-bond donors (Lipinski definition) is 2. The van der Waals surface area contributed by atoms with Crippen molar-refractivity contribution in [2.45, 2.75) is 6.54 Å². The van der Waals surface area contributed by atoms with E-state index in [-0.39, 0.29) is 12.4 Å². The number of carbonyl (C=O) groups excluding carboxylic acids is 1. The molecule has 0 fully saturated rings. The normalized spacial score (nSPS) is 9.64. The number of rotatable bonds is 2. The molecule has 14 heavy (non-hydrogen) atoms. The lowest BCUT2D eigenvalue weighted by Gasteiger charge is -2.16. The van der Waals surface area contributed by atoms with Crippen LogP contribution in [0.25, 0.3) is 0 Å². The first-order valence-electron chi connectivity index (χ1n) is 4.10. The maximum atomic E-state index is 13.1. The summed E-state index contributed by atoms with van der Waals surface area (Å²) in [6.07, 6.45) is 0. The van der Waals surface area contributed by atoms with E-state index < -0.39 is 6.03 Å². The van der Waals surface area contributed by atoms with Crippen molar-refractivity contribution in [3.63, 3.8) is 0 Å². The Morgan fingerprint density at radius 3 is 2.79 bits per heavy atom. The van der Waals surface area contributed by atoms with Gasteiger partial charge in [-0.3, -0.25) is 5.43 Å². The number of halogens is 1. The van der Waals surface area contributed by atoms with E-state index in [1.807, 2.05) is 5.43 Å². The summed E-state index contributed by atoms with van der Waals surface area (Å²) in [7, 11) is 1.54. The first kappa shape index (κ1) is 10.5.